The molecule has 0 aliphatic carbocycles. The maximum atomic E-state index is 13.8. The number of hydrogen-bond acceptors (Lipinski definition) is 5. The SMILES string of the molecule is COc1ccc(OC)c(C(=O)N(Cc2ccncc2)Cc2cccc(OCCc3ccc(F)cc3)c2)c1. The highest BCUT2D eigenvalue weighted by Gasteiger charge is 2.21. The van der Waals surface area contributed by atoms with Crippen LogP contribution in [0.5, 0.6) is 17.2 Å². The zero-order valence-electron chi connectivity index (χ0n) is 20.9. The number of nitrogens with zero attached hydrogens (tertiary/aromatic N) is 2. The lowest BCUT2D eigenvalue weighted by molar-refractivity contribution is 0.0726. The van der Waals surface area contributed by atoms with E-state index in [4.69, 9.17) is 14.2 Å². The third-order valence-corrected chi connectivity index (χ3v) is 5.89. The molecule has 6 nitrogen and oxygen atoms in total. The number of amides is 1. The molecule has 7 heteroatoms. The molecule has 37 heavy (non-hydrogen) atoms. The number of benzene rings is 3. The Kier molecular flexibility index (Phi) is 8.70. The highest BCUT2D eigenvalue weighted by Crippen LogP contribution is 2.27. The molecule has 0 bridgehead atoms. The Balaban J connectivity index is 1.52. The molecule has 0 aliphatic heterocycles. The summed E-state index contributed by atoms with van der Waals surface area (Å²) in [6, 6.07) is 23.0. The summed E-state index contributed by atoms with van der Waals surface area (Å²) >= 11 is 0. The van der Waals surface area contributed by atoms with Gasteiger partial charge in [-0.2, -0.15) is 0 Å². The second-order valence-corrected chi connectivity index (χ2v) is 8.46. The Morgan fingerprint density at radius 1 is 0.811 bits per heavy atom. The van der Waals surface area contributed by atoms with Crippen molar-refractivity contribution in [3.05, 3.63) is 119 Å². The molecular weight excluding hydrogens is 471 g/mol. The Labute approximate surface area is 216 Å². The number of carbonyl (C=O) groups is 1. The molecule has 1 aromatic heterocycles. The van der Waals surface area contributed by atoms with Crippen molar-refractivity contribution in [2.75, 3.05) is 20.8 Å². The van der Waals surface area contributed by atoms with Crippen molar-refractivity contribution < 1.29 is 23.4 Å². The molecule has 1 amide bonds. The molecule has 0 aliphatic rings. The highest BCUT2D eigenvalue weighted by molar-refractivity contribution is 5.97. The van der Waals surface area contributed by atoms with Crippen LogP contribution in [-0.4, -0.2) is 36.6 Å². The van der Waals surface area contributed by atoms with Gasteiger partial charge in [-0.15, -0.1) is 0 Å². The average molecular weight is 501 g/mol. The number of carbonyl (C=O) groups excluding carboxylic acids is 1. The normalized spacial score (nSPS) is 10.6. The lowest BCUT2D eigenvalue weighted by atomic mass is 10.1. The van der Waals surface area contributed by atoms with E-state index in [1.807, 2.05) is 36.4 Å². The standard InChI is InChI=1S/C30H29FN2O4/c1-35-26-10-11-29(36-2)28(19-26)30(34)33(20-23-12-15-32-16-13-23)21-24-4-3-5-27(18-24)37-17-14-22-6-8-25(31)9-7-22/h3-13,15-16,18-19H,14,17,20-21H2,1-2H3. The van der Waals surface area contributed by atoms with E-state index in [1.165, 1.54) is 12.1 Å². The van der Waals surface area contributed by atoms with Crippen LogP contribution < -0.4 is 14.2 Å². The van der Waals surface area contributed by atoms with Crippen LogP contribution in [0, 0.1) is 5.82 Å². The number of rotatable bonds is 11. The fourth-order valence-electron chi connectivity index (χ4n) is 3.95. The van der Waals surface area contributed by atoms with Crippen LogP contribution in [0.3, 0.4) is 0 Å². The summed E-state index contributed by atoms with van der Waals surface area (Å²) in [7, 11) is 3.10. The summed E-state index contributed by atoms with van der Waals surface area (Å²) in [5, 5.41) is 0. The zero-order chi connectivity index (χ0) is 26.0. The van der Waals surface area contributed by atoms with Crippen LogP contribution in [0.15, 0.2) is 91.3 Å². The summed E-state index contributed by atoms with van der Waals surface area (Å²) in [6.07, 6.45) is 4.08. The molecule has 0 unspecified atom stereocenters. The smallest absolute Gasteiger partial charge is 0.258 e. The van der Waals surface area contributed by atoms with Crippen molar-refractivity contribution in [2.45, 2.75) is 19.5 Å². The van der Waals surface area contributed by atoms with Crippen LogP contribution in [0.1, 0.15) is 27.0 Å². The van der Waals surface area contributed by atoms with E-state index in [1.54, 1.807) is 61.8 Å². The van der Waals surface area contributed by atoms with Crippen LogP contribution >= 0.6 is 0 Å². The number of hydrogen-bond donors (Lipinski definition) is 0. The average Bonchev–Trinajstić information content (AvgIpc) is 2.94. The van der Waals surface area contributed by atoms with Crippen molar-refractivity contribution in [3.8, 4) is 17.2 Å². The molecule has 0 saturated heterocycles. The van der Waals surface area contributed by atoms with Crippen molar-refractivity contribution in [2.24, 2.45) is 0 Å². The van der Waals surface area contributed by atoms with Crippen LogP contribution in [0.25, 0.3) is 0 Å². The summed E-state index contributed by atoms with van der Waals surface area (Å²) in [5.74, 6) is 1.31. The first-order chi connectivity index (χ1) is 18.1. The minimum atomic E-state index is -0.255. The van der Waals surface area contributed by atoms with Gasteiger partial charge in [0.1, 0.15) is 23.1 Å². The van der Waals surface area contributed by atoms with Gasteiger partial charge in [0, 0.05) is 31.9 Å². The van der Waals surface area contributed by atoms with Gasteiger partial charge in [0.25, 0.3) is 5.91 Å². The predicted octanol–water partition coefficient (Wildman–Crippen LogP) is 5.70. The summed E-state index contributed by atoms with van der Waals surface area (Å²) in [4.78, 5) is 19.6. The van der Waals surface area contributed by atoms with Gasteiger partial charge in [-0.3, -0.25) is 9.78 Å². The molecule has 4 rings (SSSR count). The monoisotopic (exact) mass is 500 g/mol. The lowest BCUT2D eigenvalue weighted by Crippen LogP contribution is -2.30. The van der Waals surface area contributed by atoms with Gasteiger partial charge < -0.3 is 19.1 Å². The molecule has 1 heterocycles. The van der Waals surface area contributed by atoms with Gasteiger partial charge in [-0.25, -0.2) is 4.39 Å². The van der Waals surface area contributed by atoms with Crippen molar-refractivity contribution >= 4 is 5.91 Å². The van der Waals surface area contributed by atoms with Crippen LogP contribution in [-0.2, 0) is 19.5 Å². The molecular formula is C30H29FN2O4. The second kappa shape index (κ2) is 12.5. The highest BCUT2D eigenvalue weighted by atomic mass is 19.1. The Morgan fingerprint density at radius 2 is 1.57 bits per heavy atom. The molecule has 0 saturated carbocycles. The molecule has 0 atom stereocenters. The zero-order valence-corrected chi connectivity index (χ0v) is 20.9. The second-order valence-electron chi connectivity index (χ2n) is 8.46. The molecule has 0 fully saturated rings. The van der Waals surface area contributed by atoms with E-state index in [0.717, 1.165) is 16.7 Å². The summed E-state index contributed by atoms with van der Waals surface area (Å²) < 4.78 is 29.9. The van der Waals surface area contributed by atoms with Gasteiger partial charge in [-0.05, 0) is 71.3 Å². The predicted molar refractivity (Wildman–Crippen MR) is 139 cm³/mol. The summed E-state index contributed by atoms with van der Waals surface area (Å²) in [6.45, 7) is 1.20. The van der Waals surface area contributed by atoms with Gasteiger partial charge in [-0.1, -0.05) is 24.3 Å². The van der Waals surface area contributed by atoms with Crippen molar-refractivity contribution in [3.63, 3.8) is 0 Å². The van der Waals surface area contributed by atoms with Gasteiger partial charge in [0.15, 0.2) is 0 Å². The summed E-state index contributed by atoms with van der Waals surface area (Å²) in [5.41, 5.74) is 3.29. The van der Waals surface area contributed by atoms with E-state index in [-0.39, 0.29) is 11.7 Å². The van der Waals surface area contributed by atoms with Crippen molar-refractivity contribution in [1.82, 2.24) is 9.88 Å². The third kappa shape index (κ3) is 7.07. The molecule has 3 aromatic carbocycles. The minimum absolute atomic E-state index is 0.185. The first kappa shape index (κ1) is 25.7. The number of pyridine rings is 1. The molecule has 0 N–H and O–H groups in total. The quantitative estimate of drug-likeness (QED) is 0.264. The number of aromatic nitrogens is 1. The number of methoxy groups -OCH3 is 2. The molecule has 190 valence electrons. The van der Waals surface area contributed by atoms with Gasteiger partial charge in [0.2, 0.25) is 0 Å². The minimum Gasteiger partial charge on any atom is -0.497 e. The third-order valence-electron chi connectivity index (χ3n) is 5.89. The molecule has 0 radical (unpaired) electrons. The van der Waals surface area contributed by atoms with E-state index in [9.17, 15) is 9.18 Å². The molecule has 4 aromatic rings. The first-order valence-corrected chi connectivity index (χ1v) is 11.9. The Morgan fingerprint density at radius 3 is 2.30 bits per heavy atom. The fraction of sp³-hybridized carbons (Fsp3) is 0.200. The topological polar surface area (TPSA) is 60.9 Å². The Bertz CT molecular complexity index is 1310. The largest absolute Gasteiger partial charge is 0.497 e. The van der Waals surface area contributed by atoms with E-state index >= 15 is 0 Å². The lowest BCUT2D eigenvalue weighted by Gasteiger charge is -2.24. The number of halogens is 1. The van der Waals surface area contributed by atoms with Gasteiger partial charge >= 0.3 is 0 Å². The van der Waals surface area contributed by atoms with E-state index < -0.39 is 0 Å². The molecule has 0 spiro atoms. The van der Waals surface area contributed by atoms with Gasteiger partial charge in [0.05, 0.1) is 26.4 Å². The van der Waals surface area contributed by atoms with Crippen LogP contribution in [0.2, 0.25) is 0 Å². The fourth-order valence-corrected chi connectivity index (χ4v) is 3.95. The number of ether oxygens (including phenoxy) is 3. The Hall–Kier alpha value is -4.39. The van der Waals surface area contributed by atoms with E-state index in [2.05, 4.69) is 4.98 Å². The van der Waals surface area contributed by atoms with E-state index in [0.29, 0.717) is 48.9 Å². The van der Waals surface area contributed by atoms with Crippen molar-refractivity contribution in [1.29, 1.82) is 0 Å². The maximum absolute atomic E-state index is 13.8. The first-order valence-electron chi connectivity index (χ1n) is 11.9. The van der Waals surface area contributed by atoms with Crippen LogP contribution in [0.4, 0.5) is 4.39 Å². The maximum Gasteiger partial charge on any atom is 0.258 e.